The molecule has 0 saturated heterocycles. The van der Waals surface area contributed by atoms with Crippen molar-refractivity contribution in [2.75, 3.05) is 7.11 Å². The third-order valence-corrected chi connectivity index (χ3v) is 1.53. The Balaban J connectivity index is 4.13. The van der Waals surface area contributed by atoms with E-state index in [9.17, 15) is 0 Å². The van der Waals surface area contributed by atoms with Gasteiger partial charge in [-0.15, -0.1) is 0 Å². The van der Waals surface area contributed by atoms with Crippen molar-refractivity contribution >= 4 is 0 Å². The van der Waals surface area contributed by atoms with E-state index in [4.69, 9.17) is 4.74 Å². The van der Waals surface area contributed by atoms with E-state index in [0.29, 0.717) is 0 Å². The number of rotatable bonds is 3. The van der Waals surface area contributed by atoms with Crippen molar-refractivity contribution in [3.8, 4) is 0 Å². The molecule has 0 atom stereocenters. The van der Waals surface area contributed by atoms with Crippen LogP contribution in [0.15, 0.2) is 24.8 Å². The van der Waals surface area contributed by atoms with Crippen LogP contribution in [-0.2, 0) is 4.74 Å². The molecule has 0 radical (unpaired) electrons. The van der Waals surface area contributed by atoms with E-state index in [1.165, 1.54) is 0 Å². The summed E-state index contributed by atoms with van der Waals surface area (Å²) in [6.45, 7) is 11.3. The first kappa shape index (κ1) is 8.44. The molecule has 9 heavy (non-hydrogen) atoms. The lowest BCUT2D eigenvalue weighted by Gasteiger charge is -2.22. The van der Waals surface area contributed by atoms with Gasteiger partial charge in [-0.3, -0.25) is 0 Å². The van der Waals surface area contributed by atoms with Gasteiger partial charge >= 0.3 is 0 Å². The van der Waals surface area contributed by atoms with E-state index < -0.39 is 0 Å². The maximum absolute atomic E-state index is 5.12. The van der Waals surface area contributed by atoms with Gasteiger partial charge < -0.3 is 4.74 Å². The molecule has 0 aliphatic heterocycles. The quantitative estimate of drug-likeness (QED) is 0.526. The van der Waals surface area contributed by atoms with Crippen LogP contribution >= 0.6 is 0 Å². The molecule has 0 aromatic rings. The minimum absolute atomic E-state index is 0.262. The first-order valence-electron chi connectivity index (χ1n) is 2.91. The second-order valence-corrected chi connectivity index (χ2v) is 2.44. The summed E-state index contributed by atoms with van der Waals surface area (Å²) in [5.74, 6) is 0. The molecule has 0 rings (SSSR count). The Morgan fingerprint density at radius 3 is 2.11 bits per heavy atom. The zero-order valence-corrected chi connectivity index (χ0v) is 6.40. The van der Waals surface area contributed by atoms with E-state index in [2.05, 4.69) is 13.2 Å². The summed E-state index contributed by atoms with van der Waals surface area (Å²) in [7, 11) is 1.66. The highest BCUT2D eigenvalue weighted by Gasteiger charge is 2.17. The van der Waals surface area contributed by atoms with Gasteiger partial charge in [-0.1, -0.05) is 19.2 Å². The van der Waals surface area contributed by atoms with Crippen LogP contribution in [0.2, 0.25) is 0 Å². The van der Waals surface area contributed by atoms with Gasteiger partial charge in [0.25, 0.3) is 0 Å². The Labute approximate surface area is 57.0 Å². The van der Waals surface area contributed by atoms with Crippen LogP contribution in [0.5, 0.6) is 0 Å². The average Bonchev–Trinajstić information content (AvgIpc) is 1.86. The molecule has 0 aromatic carbocycles. The molecule has 0 aliphatic rings. The van der Waals surface area contributed by atoms with Crippen molar-refractivity contribution in [3.05, 3.63) is 24.8 Å². The molecule has 0 bridgehead atoms. The Hall–Kier alpha value is -0.560. The van der Waals surface area contributed by atoms with Crippen LogP contribution in [-0.4, -0.2) is 12.7 Å². The molecule has 1 nitrogen and oxygen atoms in total. The topological polar surface area (TPSA) is 9.23 Å². The summed E-state index contributed by atoms with van der Waals surface area (Å²) in [5, 5.41) is 0. The smallest absolute Gasteiger partial charge is 0.0865 e. The zero-order chi connectivity index (χ0) is 7.49. The minimum atomic E-state index is -0.262. The summed E-state index contributed by atoms with van der Waals surface area (Å²) in [4.78, 5) is 0. The molecular weight excluding hydrogens is 112 g/mol. The monoisotopic (exact) mass is 126 g/mol. The van der Waals surface area contributed by atoms with Crippen LogP contribution in [0.1, 0.15) is 13.8 Å². The van der Waals surface area contributed by atoms with E-state index in [-0.39, 0.29) is 5.60 Å². The summed E-state index contributed by atoms with van der Waals surface area (Å²) in [5.41, 5.74) is 0.645. The molecule has 0 amide bonds. The molecule has 0 fully saturated rings. The van der Waals surface area contributed by atoms with Crippen molar-refractivity contribution in [2.45, 2.75) is 19.4 Å². The SMILES string of the molecule is C=CC(=C)C(C)(C)OC. The normalized spacial score (nSPS) is 11.0. The van der Waals surface area contributed by atoms with Gasteiger partial charge in [0.15, 0.2) is 0 Å². The van der Waals surface area contributed by atoms with Crippen LogP contribution in [0, 0.1) is 0 Å². The Kier molecular flexibility index (Phi) is 2.65. The fraction of sp³-hybridized carbons (Fsp3) is 0.500. The lowest BCUT2D eigenvalue weighted by Crippen LogP contribution is -2.23. The number of methoxy groups -OCH3 is 1. The highest BCUT2D eigenvalue weighted by molar-refractivity contribution is 5.21. The minimum Gasteiger partial charge on any atom is -0.374 e. The first-order valence-corrected chi connectivity index (χ1v) is 2.91. The summed E-state index contributed by atoms with van der Waals surface area (Å²) < 4.78 is 5.12. The molecule has 0 aromatic heterocycles. The second-order valence-electron chi connectivity index (χ2n) is 2.44. The summed E-state index contributed by atoms with van der Waals surface area (Å²) in [6, 6.07) is 0. The summed E-state index contributed by atoms with van der Waals surface area (Å²) >= 11 is 0. The highest BCUT2D eigenvalue weighted by atomic mass is 16.5. The van der Waals surface area contributed by atoms with Crippen molar-refractivity contribution in [1.82, 2.24) is 0 Å². The predicted molar refractivity (Wildman–Crippen MR) is 40.4 cm³/mol. The van der Waals surface area contributed by atoms with Crippen LogP contribution in [0.25, 0.3) is 0 Å². The number of ether oxygens (including phenoxy) is 1. The molecule has 0 N–H and O–H groups in total. The largest absolute Gasteiger partial charge is 0.374 e. The average molecular weight is 126 g/mol. The fourth-order valence-corrected chi connectivity index (χ4v) is 0.377. The van der Waals surface area contributed by atoms with E-state index >= 15 is 0 Å². The highest BCUT2D eigenvalue weighted by Crippen LogP contribution is 2.17. The van der Waals surface area contributed by atoms with Crippen LogP contribution in [0.3, 0.4) is 0 Å². The zero-order valence-electron chi connectivity index (χ0n) is 6.40. The molecule has 0 heterocycles. The van der Waals surface area contributed by atoms with Gasteiger partial charge in [0.1, 0.15) is 0 Å². The maximum Gasteiger partial charge on any atom is 0.0865 e. The second kappa shape index (κ2) is 2.83. The van der Waals surface area contributed by atoms with Crippen LogP contribution in [0.4, 0.5) is 0 Å². The van der Waals surface area contributed by atoms with Gasteiger partial charge in [-0.2, -0.15) is 0 Å². The summed E-state index contributed by atoms with van der Waals surface area (Å²) in [6.07, 6.45) is 1.71. The molecule has 0 unspecified atom stereocenters. The Morgan fingerprint density at radius 2 is 2.00 bits per heavy atom. The number of hydrogen-bond donors (Lipinski definition) is 0. The van der Waals surface area contributed by atoms with Crippen LogP contribution < -0.4 is 0 Å². The Morgan fingerprint density at radius 1 is 1.56 bits per heavy atom. The van der Waals surface area contributed by atoms with Gasteiger partial charge in [0, 0.05) is 7.11 Å². The van der Waals surface area contributed by atoms with Crippen molar-refractivity contribution in [1.29, 1.82) is 0 Å². The van der Waals surface area contributed by atoms with Gasteiger partial charge in [-0.25, -0.2) is 0 Å². The van der Waals surface area contributed by atoms with Gasteiger partial charge in [-0.05, 0) is 19.4 Å². The molecule has 1 heteroatoms. The molecule has 0 aliphatic carbocycles. The number of hydrogen-bond acceptors (Lipinski definition) is 1. The predicted octanol–water partition coefficient (Wildman–Crippen LogP) is 2.15. The molecular formula is C8H14O. The van der Waals surface area contributed by atoms with Crippen molar-refractivity contribution in [3.63, 3.8) is 0 Å². The standard InChI is InChI=1S/C8H14O/c1-6-7(2)8(3,4)9-5/h6H,1-2H2,3-5H3. The first-order chi connectivity index (χ1) is 4.04. The molecule has 52 valence electrons. The lowest BCUT2D eigenvalue weighted by molar-refractivity contribution is 0.0585. The van der Waals surface area contributed by atoms with Gasteiger partial charge in [0.05, 0.1) is 5.60 Å². The van der Waals surface area contributed by atoms with E-state index in [0.717, 1.165) is 5.57 Å². The third kappa shape index (κ3) is 2.02. The fourth-order valence-electron chi connectivity index (χ4n) is 0.377. The third-order valence-electron chi connectivity index (χ3n) is 1.53. The molecule has 0 saturated carbocycles. The lowest BCUT2D eigenvalue weighted by atomic mass is 10.0. The Bertz CT molecular complexity index is 123. The van der Waals surface area contributed by atoms with E-state index in [1.807, 2.05) is 13.8 Å². The van der Waals surface area contributed by atoms with Crippen molar-refractivity contribution in [2.24, 2.45) is 0 Å². The van der Waals surface area contributed by atoms with E-state index in [1.54, 1.807) is 13.2 Å². The van der Waals surface area contributed by atoms with Crippen molar-refractivity contribution < 1.29 is 4.74 Å². The van der Waals surface area contributed by atoms with Gasteiger partial charge in [0.2, 0.25) is 0 Å². The molecule has 0 spiro atoms. The maximum atomic E-state index is 5.12.